The number of halogens is 1. The highest BCUT2D eigenvalue weighted by molar-refractivity contribution is 9.10. The summed E-state index contributed by atoms with van der Waals surface area (Å²) >= 11 is 5.00. The minimum absolute atomic E-state index is 0.671. The maximum absolute atomic E-state index is 4.47. The fourth-order valence-electron chi connectivity index (χ4n) is 1.29. The molecule has 2 aromatic rings. The van der Waals surface area contributed by atoms with Crippen molar-refractivity contribution in [2.24, 2.45) is 0 Å². The number of aryl methyl sites for hydroxylation is 1. The van der Waals surface area contributed by atoms with E-state index in [-0.39, 0.29) is 0 Å². The van der Waals surface area contributed by atoms with Gasteiger partial charge in [-0.05, 0) is 29.3 Å². The number of hydrogen-bond acceptors (Lipinski definition) is 5. The molecular formula is C11H13BrN4S. The number of aromatic nitrogens is 3. The summed E-state index contributed by atoms with van der Waals surface area (Å²) in [6, 6.07) is 0. The Labute approximate surface area is 113 Å². The van der Waals surface area contributed by atoms with Crippen molar-refractivity contribution >= 4 is 33.1 Å². The summed E-state index contributed by atoms with van der Waals surface area (Å²) in [6.07, 6.45) is 2.82. The third-order valence-corrected chi connectivity index (χ3v) is 3.63. The van der Waals surface area contributed by atoms with Crippen LogP contribution in [-0.4, -0.2) is 21.5 Å². The lowest BCUT2D eigenvalue weighted by Crippen LogP contribution is -2.04. The predicted molar refractivity (Wildman–Crippen MR) is 74.4 cm³/mol. The predicted octanol–water partition coefficient (Wildman–Crippen LogP) is 3.49. The highest BCUT2D eigenvalue weighted by Crippen LogP contribution is 2.25. The lowest BCUT2D eigenvalue weighted by Gasteiger charge is -2.06. The van der Waals surface area contributed by atoms with Crippen LogP contribution in [0.2, 0.25) is 0 Å². The fourth-order valence-corrected chi connectivity index (χ4v) is 2.36. The van der Waals surface area contributed by atoms with Crippen molar-refractivity contribution in [1.82, 2.24) is 15.0 Å². The van der Waals surface area contributed by atoms with E-state index in [0.29, 0.717) is 5.82 Å². The Morgan fingerprint density at radius 1 is 1.41 bits per heavy atom. The van der Waals surface area contributed by atoms with Crippen LogP contribution in [0.5, 0.6) is 0 Å². The number of rotatable bonds is 4. The van der Waals surface area contributed by atoms with E-state index in [9.17, 15) is 0 Å². The molecular weight excluding hydrogens is 300 g/mol. The van der Waals surface area contributed by atoms with Crippen LogP contribution >= 0.6 is 27.3 Å². The molecule has 0 radical (unpaired) electrons. The van der Waals surface area contributed by atoms with E-state index in [1.807, 2.05) is 12.3 Å². The normalized spacial score (nSPS) is 10.5. The second-order valence-electron chi connectivity index (χ2n) is 3.61. The maximum atomic E-state index is 4.47. The summed E-state index contributed by atoms with van der Waals surface area (Å²) < 4.78 is 0.878. The third-order valence-electron chi connectivity index (χ3n) is 2.10. The van der Waals surface area contributed by atoms with Crippen molar-refractivity contribution in [3.8, 4) is 10.8 Å². The summed E-state index contributed by atoms with van der Waals surface area (Å²) in [4.78, 5) is 13.1. The third kappa shape index (κ3) is 3.01. The Kier molecular flexibility index (Phi) is 4.06. The van der Waals surface area contributed by atoms with Gasteiger partial charge in [-0.15, -0.1) is 11.3 Å². The summed E-state index contributed by atoms with van der Waals surface area (Å²) in [5.74, 6) is 1.50. The molecule has 0 bridgehead atoms. The van der Waals surface area contributed by atoms with Gasteiger partial charge in [-0.2, -0.15) is 0 Å². The zero-order valence-electron chi connectivity index (χ0n) is 9.70. The van der Waals surface area contributed by atoms with E-state index in [0.717, 1.165) is 34.0 Å². The van der Waals surface area contributed by atoms with Gasteiger partial charge in [0.25, 0.3) is 0 Å². The molecule has 90 valence electrons. The van der Waals surface area contributed by atoms with E-state index in [1.165, 1.54) is 0 Å². The van der Waals surface area contributed by atoms with Crippen molar-refractivity contribution in [3.05, 3.63) is 21.7 Å². The van der Waals surface area contributed by atoms with Gasteiger partial charge in [0, 0.05) is 23.8 Å². The van der Waals surface area contributed by atoms with Gasteiger partial charge in [0.05, 0.1) is 4.47 Å². The summed E-state index contributed by atoms with van der Waals surface area (Å²) in [6.45, 7) is 4.98. The van der Waals surface area contributed by atoms with E-state index < -0.39 is 0 Å². The van der Waals surface area contributed by atoms with Crippen molar-refractivity contribution in [3.63, 3.8) is 0 Å². The molecule has 0 saturated heterocycles. The van der Waals surface area contributed by atoms with Crippen LogP contribution in [0.1, 0.15) is 19.0 Å². The van der Waals surface area contributed by atoms with Gasteiger partial charge in [0.15, 0.2) is 10.8 Å². The van der Waals surface area contributed by atoms with Gasteiger partial charge < -0.3 is 5.32 Å². The zero-order chi connectivity index (χ0) is 12.3. The van der Waals surface area contributed by atoms with Crippen LogP contribution in [0.25, 0.3) is 10.8 Å². The van der Waals surface area contributed by atoms with Crippen LogP contribution in [0.15, 0.2) is 16.0 Å². The molecule has 1 N–H and O–H groups in total. The lowest BCUT2D eigenvalue weighted by atomic mass is 10.4. The Balaban J connectivity index is 2.30. The van der Waals surface area contributed by atoms with Gasteiger partial charge in [-0.1, -0.05) is 6.92 Å². The topological polar surface area (TPSA) is 50.7 Å². The second kappa shape index (κ2) is 5.55. The Morgan fingerprint density at radius 2 is 2.24 bits per heavy atom. The van der Waals surface area contributed by atoms with E-state index in [4.69, 9.17) is 0 Å². The molecule has 0 saturated carbocycles. The van der Waals surface area contributed by atoms with Gasteiger partial charge in [-0.3, -0.25) is 0 Å². The molecule has 2 aromatic heterocycles. The number of thiazole rings is 1. The van der Waals surface area contributed by atoms with Gasteiger partial charge in [0.1, 0.15) is 5.82 Å². The molecule has 6 heteroatoms. The molecule has 0 amide bonds. The Bertz CT molecular complexity index is 512. The van der Waals surface area contributed by atoms with Crippen molar-refractivity contribution in [2.45, 2.75) is 20.3 Å². The van der Waals surface area contributed by atoms with Crippen LogP contribution in [-0.2, 0) is 0 Å². The van der Waals surface area contributed by atoms with Crippen molar-refractivity contribution in [2.75, 3.05) is 11.9 Å². The molecule has 2 heterocycles. The standard InChI is InChI=1S/C11H13BrN4S/c1-3-4-13-9-8(12)5-14-10(16-9)11-15-7(2)6-17-11/h5-6H,3-4H2,1-2H3,(H,13,14,16). The quantitative estimate of drug-likeness (QED) is 0.939. The van der Waals surface area contributed by atoms with Crippen molar-refractivity contribution in [1.29, 1.82) is 0 Å². The first-order valence-electron chi connectivity index (χ1n) is 5.39. The molecule has 0 aliphatic rings. The number of nitrogens with one attached hydrogen (secondary N) is 1. The molecule has 0 aromatic carbocycles. The minimum atomic E-state index is 0.671. The van der Waals surface area contributed by atoms with Gasteiger partial charge in [0.2, 0.25) is 0 Å². The first-order chi connectivity index (χ1) is 8.20. The van der Waals surface area contributed by atoms with Crippen LogP contribution < -0.4 is 5.32 Å². The summed E-state index contributed by atoms with van der Waals surface area (Å²) in [7, 11) is 0. The molecule has 0 spiro atoms. The average Bonchev–Trinajstić information content (AvgIpc) is 2.75. The fraction of sp³-hybridized carbons (Fsp3) is 0.364. The molecule has 0 unspecified atom stereocenters. The highest BCUT2D eigenvalue weighted by atomic mass is 79.9. The molecule has 17 heavy (non-hydrogen) atoms. The number of nitrogens with zero attached hydrogens (tertiary/aromatic N) is 3. The smallest absolute Gasteiger partial charge is 0.190 e. The van der Waals surface area contributed by atoms with E-state index in [1.54, 1.807) is 17.5 Å². The van der Waals surface area contributed by atoms with Crippen LogP contribution in [0, 0.1) is 6.92 Å². The SMILES string of the molecule is CCCNc1nc(-c2nc(C)cs2)ncc1Br. The Hall–Kier alpha value is -1.01. The zero-order valence-corrected chi connectivity index (χ0v) is 12.1. The summed E-state index contributed by atoms with van der Waals surface area (Å²) in [5, 5.41) is 6.11. The van der Waals surface area contributed by atoms with Gasteiger partial charge in [-0.25, -0.2) is 15.0 Å². The molecule has 0 fully saturated rings. The highest BCUT2D eigenvalue weighted by Gasteiger charge is 2.09. The van der Waals surface area contributed by atoms with E-state index >= 15 is 0 Å². The molecule has 0 aliphatic carbocycles. The minimum Gasteiger partial charge on any atom is -0.369 e. The molecule has 0 atom stereocenters. The molecule has 0 aliphatic heterocycles. The number of anilines is 1. The molecule has 4 nitrogen and oxygen atoms in total. The monoisotopic (exact) mass is 312 g/mol. The first kappa shape index (κ1) is 12.4. The lowest BCUT2D eigenvalue weighted by molar-refractivity contribution is 0.963. The van der Waals surface area contributed by atoms with Crippen LogP contribution in [0.3, 0.4) is 0 Å². The summed E-state index contributed by atoms with van der Waals surface area (Å²) in [5.41, 5.74) is 1.000. The first-order valence-corrected chi connectivity index (χ1v) is 7.07. The van der Waals surface area contributed by atoms with Gasteiger partial charge >= 0.3 is 0 Å². The Morgan fingerprint density at radius 3 is 2.88 bits per heavy atom. The second-order valence-corrected chi connectivity index (χ2v) is 5.32. The maximum Gasteiger partial charge on any atom is 0.190 e. The number of hydrogen-bond donors (Lipinski definition) is 1. The molecule has 2 rings (SSSR count). The average molecular weight is 313 g/mol. The van der Waals surface area contributed by atoms with E-state index in [2.05, 4.69) is 43.1 Å². The van der Waals surface area contributed by atoms with Crippen molar-refractivity contribution < 1.29 is 0 Å². The van der Waals surface area contributed by atoms with Crippen LogP contribution in [0.4, 0.5) is 5.82 Å². The largest absolute Gasteiger partial charge is 0.369 e.